The van der Waals surface area contributed by atoms with E-state index in [1.54, 1.807) is 24.3 Å². The van der Waals surface area contributed by atoms with Crippen LogP contribution in [0.3, 0.4) is 0 Å². The average molecular weight is 418 g/mol. The first kappa shape index (κ1) is 20.8. The molecule has 0 bridgehead atoms. The Morgan fingerprint density at radius 3 is 2.35 bits per heavy atom. The van der Waals surface area contributed by atoms with Gasteiger partial charge >= 0.3 is 0 Å². The maximum atomic E-state index is 12.4. The van der Waals surface area contributed by atoms with Crippen molar-refractivity contribution in [2.75, 3.05) is 13.1 Å². The van der Waals surface area contributed by atoms with Crippen LogP contribution in [0, 0.1) is 0 Å². The molecule has 0 saturated carbocycles. The second-order valence-electron chi connectivity index (χ2n) is 7.68. The largest absolute Gasteiger partial charge is 0.356 e. The van der Waals surface area contributed by atoms with Gasteiger partial charge in [0.25, 0.3) is 11.8 Å². The third-order valence-corrected chi connectivity index (χ3v) is 5.52. The number of rotatable bonds is 9. The number of amides is 3. The number of carbonyl (C=O) groups excluding carboxylic acids is 3. The Kier molecular flexibility index (Phi) is 6.11. The van der Waals surface area contributed by atoms with Crippen molar-refractivity contribution >= 4 is 28.8 Å². The lowest BCUT2D eigenvalue weighted by molar-refractivity contribution is -0.121. The average Bonchev–Trinajstić information content (AvgIpc) is 3.24. The number of nitrogens with one attached hydrogen (secondary N) is 1. The van der Waals surface area contributed by atoms with Crippen LogP contribution in [0.15, 0.2) is 48.5 Å². The minimum absolute atomic E-state index is 0.0882. The Morgan fingerprint density at radius 1 is 0.968 bits per heavy atom. The van der Waals surface area contributed by atoms with Crippen molar-refractivity contribution in [3.05, 3.63) is 65.5 Å². The topological polar surface area (TPSA) is 84.3 Å². The maximum Gasteiger partial charge on any atom is 0.261 e. The second-order valence-corrected chi connectivity index (χ2v) is 7.68. The highest BCUT2D eigenvalue weighted by molar-refractivity contribution is 6.21. The summed E-state index contributed by atoms with van der Waals surface area (Å²) in [5, 5.41) is 2.93. The number of imidazole rings is 1. The van der Waals surface area contributed by atoms with Gasteiger partial charge < -0.3 is 9.88 Å². The van der Waals surface area contributed by atoms with Gasteiger partial charge in [0.1, 0.15) is 5.82 Å². The van der Waals surface area contributed by atoms with Crippen LogP contribution >= 0.6 is 0 Å². The number of para-hydroxylation sites is 2. The van der Waals surface area contributed by atoms with Crippen LogP contribution in [-0.4, -0.2) is 45.3 Å². The van der Waals surface area contributed by atoms with Gasteiger partial charge in [-0.25, -0.2) is 4.98 Å². The minimum atomic E-state index is -0.282. The van der Waals surface area contributed by atoms with E-state index in [1.165, 1.54) is 4.90 Å². The smallest absolute Gasteiger partial charge is 0.261 e. The Balaban J connectivity index is 1.26. The highest BCUT2D eigenvalue weighted by Crippen LogP contribution is 2.22. The first-order valence-corrected chi connectivity index (χ1v) is 10.8. The summed E-state index contributed by atoms with van der Waals surface area (Å²) in [7, 11) is 0. The molecular weight excluding hydrogens is 392 g/mol. The number of aromatic nitrogens is 2. The van der Waals surface area contributed by atoms with Gasteiger partial charge in [-0.05, 0) is 37.1 Å². The van der Waals surface area contributed by atoms with Crippen molar-refractivity contribution in [2.24, 2.45) is 0 Å². The zero-order valence-corrected chi connectivity index (χ0v) is 17.6. The summed E-state index contributed by atoms with van der Waals surface area (Å²) >= 11 is 0. The van der Waals surface area contributed by atoms with Gasteiger partial charge in [-0.2, -0.15) is 0 Å². The number of carbonyl (C=O) groups is 3. The van der Waals surface area contributed by atoms with Crippen molar-refractivity contribution in [3.63, 3.8) is 0 Å². The molecular formula is C24H26N4O3. The van der Waals surface area contributed by atoms with Crippen LogP contribution in [0.5, 0.6) is 0 Å². The van der Waals surface area contributed by atoms with E-state index in [2.05, 4.69) is 22.9 Å². The van der Waals surface area contributed by atoms with E-state index in [-0.39, 0.29) is 30.7 Å². The number of fused-ring (bicyclic) bond motifs is 2. The standard InChI is InChI=1S/C24H26N4O3/c1-2-15-27-20-11-6-5-10-19(20)26-21(27)13-14-25-22(29)12-7-16-28-23(30)17-8-3-4-9-18(17)24(28)31/h3-6,8-11H,2,7,12-16H2,1H3,(H,25,29). The molecule has 3 amide bonds. The number of benzene rings is 2. The van der Waals surface area contributed by atoms with Crippen molar-refractivity contribution in [2.45, 2.75) is 39.2 Å². The summed E-state index contributed by atoms with van der Waals surface area (Å²) in [5.74, 6) is 0.316. The van der Waals surface area contributed by atoms with Gasteiger partial charge in [-0.15, -0.1) is 0 Å². The minimum Gasteiger partial charge on any atom is -0.356 e. The fourth-order valence-corrected chi connectivity index (χ4v) is 4.03. The van der Waals surface area contributed by atoms with Crippen molar-refractivity contribution in [1.82, 2.24) is 19.8 Å². The van der Waals surface area contributed by atoms with E-state index in [9.17, 15) is 14.4 Å². The summed E-state index contributed by atoms with van der Waals surface area (Å²) < 4.78 is 2.21. The van der Waals surface area contributed by atoms with E-state index in [1.807, 2.05) is 18.2 Å². The first-order valence-electron chi connectivity index (χ1n) is 10.8. The first-order chi connectivity index (χ1) is 15.1. The fraction of sp³-hybridized carbons (Fsp3) is 0.333. The number of hydrogen-bond donors (Lipinski definition) is 1. The molecule has 0 unspecified atom stereocenters. The van der Waals surface area contributed by atoms with Crippen LogP contribution in [0.25, 0.3) is 11.0 Å². The highest BCUT2D eigenvalue weighted by atomic mass is 16.2. The fourth-order valence-electron chi connectivity index (χ4n) is 4.03. The molecule has 0 aliphatic carbocycles. The molecule has 7 nitrogen and oxygen atoms in total. The Morgan fingerprint density at radius 2 is 1.65 bits per heavy atom. The molecule has 4 rings (SSSR count). The molecule has 1 N–H and O–H groups in total. The summed E-state index contributed by atoms with van der Waals surface area (Å²) in [5.41, 5.74) is 2.96. The van der Waals surface area contributed by atoms with Crippen molar-refractivity contribution in [3.8, 4) is 0 Å². The van der Waals surface area contributed by atoms with Crippen LogP contribution in [0.4, 0.5) is 0 Å². The summed E-state index contributed by atoms with van der Waals surface area (Å²) in [4.78, 5) is 42.9. The van der Waals surface area contributed by atoms with E-state index >= 15 is 0 Å². The summed E-state index contributed by atoms with van der Waals surface area (Å²) in [6, 6.07) is 14.9. The van der Waals surface area contributed by atoms with Crippen molar-refractivity contribution in [1.29, 1.82) is 0 Å². The molecule has 2 aromatic carbocycles. The quantitative estimate of drug-likeness (QED) is 0.541. The third kappa shape index (κ3) is 4.21. The molecule has 0 atom stereocenters. The van der Waals surface area contributed by atoms with E-state index in [0.29, 0.717) is 30.5 Å². The number of nitrogens with zero attached hydrogens (tertiary/aromatic N) is 3. The van der Waals surface area contributed by atoms with Gasteiger partial charge in [0, 0.05) is 32.5 Å². The molecule has 0 radical (unpaired) electrons. The van der Waals surface area contributed by atoms with Crippen molar-refractivity contribution < 1.29 is 14.4 Å². The molecule has 7 heteroatoms. The molecule has 1 aliphatic rings. The molecule has 160 valence electrons. The van der Waals surface area contributed by atoms with Gasteiger partial charge in [-0.3, -0.25) is 19.3 Å². The monoisotopic (exact) mass is 418 g/mol. The predicted octanol–water partition coefficient (Wildman–Crippen LogP) is 3.18. The lowest BCUT2D eigenvalue weighted by Gasteiger charge is -2.13. The summed E-state index contributed by atoms with van der Waals surface area (Å²) in [6.07, 6.45) is 2.36. The number of hydrogen-bond acceptors (Lipinski definition) is 4. The van der Waals surface area contributed by atoms with Crippen LogP contribution in [0.1, 0.15) is 52.7 Å². The molecule has 0 fully saturated rings. The van der Waals surface area contributed by atoms with Gasteiger partial charge in [-0.1, -0.05) is 31.2 Å². The molecule has 2 heterocycles. The Hall–Kier alpha value is -3.48. The predicted molar refractivity (Wildman–Crippen MR) is 118 cm³/mol. The van der Waals surface area contributed by atoms with Gasteiger partial charge in [0.2, 0.25) is 5.91 Å². The van der Waals surface area contributed by atoms with Crippen LogP contribution < -0.4 is 5.32 Å². The SMILES string of the molecule is CCCn1c(CCNC(=O)CCCN2C(=O)c3ccccc3C2=O)nc2ccccc21. The second kappa shape index (κ2) is 9.12. The normalized spacial score (nSPS) is 13.1. The lowest BCUT2D eigenvalue weighted by atomic mass is 10.1. The Bertz CT molecular complexity index is 1100. The molecule has 3 aromatic rings. The van der Waals surface area contributed by atoms with Gasteiger partial charge in [0.05, 0.1) is 22.2 Å². The lowest BCUT2D eigenvalue weighted by Crippen LogP contribution is -2.32. The van der Waals surface area contributed by atoms with Gasteiger partial charge in [0.15, 0.2) is 0 Å². The van der Waals surface area contributed by atoms with E-state index in [4.69, 9.17) is 4.98 Å². The zero-order chi connectivity index (χ0) is 21.8. The van der Waals surface area contributed by atoms with Crippen LogP contribution in [-0.2, 0) is 17.8 Å². The summed E-state index contributed by atoms with van der Waals surface area (Å²) in [6.45, 7) is 3.77. The molecule has 1 aliphatic heterocycles. The van der Waals surface area contributed by atoms with E-state index < -0.39 is 0 Å². The molecule has 0 spiro atoms. The zero-order valence-electron chi connectivity index (χ0n) is 17.6. The molecule has 0 saturated heterocycles. The molecule has 31 heavy (non-hydrogen) atoms. The van der Waals surface area contributed by atoms with E-state index in [0.717, 1.165) is 29.8 Å². The maximum absolute atomic E-state index is 12.4. The van der Waals surface area contributed by atoms with Crippen LogP contribution in [0.2, 0.25) is 0 Å². The number of aryl methyl sites for hydroxylation is 1. The Labute approximate surface area is 181 Å². The molecule has 1 aromatic heterocycles. The number of imide groups is 1. The highest BCUT2D eigenvalue weighted by Gasteiger charge is 2.34. The third-order valence-electron chi connectivity index (χ3n) is 5.52.